The van der Waals surface area contributed by atoms with Crippen molar-refractivity contribution in [2.24, 2.45) is 0 Å². The lowest BCUT2D eigenvalue weighted by atomic mass is 9.88. The van der Waals surface area contributed by atoms with E-state index >= 15 is 0 Å². The second-order valence-electron chi connectivity index (χ2n) is 10.4. The van der Waals surface area contributed by atoms with Crippen molar-refractivity contribution in [3.8, 4) is 40.1 Å². The van der Waals surface area contributed by atoms with Crippen molar-refractivity contribution in [3.05, 3.63) is 137 Å². The number of para-hydroxylation sites is 1. The number of benzene rings is 6. The number of halogens is 1. The van der Waals surface area contributed by atoms with Gasteiger partial charge in [0.1, 0.15) is 12.1 Å². The second kappa shape index (κ2) is 9.86. The van der Waals surface area contributed by atoms with E-state index in [0.29, 0.717) is 33.0 Å². The molecule has 0 unspecified atom stereocenters. The Balaban J connectivity index is 1.67. The highest BCUT2D eigenvalue weighted by atomic mass is 35.5. The third kappa shape index (κ3) is 3.65. The van der Waals surface area contributed by atoms with Gasteiger partial charge in [-0.1, -0.05) is 121 Å². The number of hydrogen-bond donors (Lipinski definition) is 0. The van der Waals surface area contributed by atoms with E-state index in [0.717, 1.165) is 37.6 Å². The highest BCUT2D eigenvalue weighted by Gasteiger charge is 2.29. The maximum Gasteiger partial charge on any atom is 0.102 e. The lowest BCUT2D eigenvalue weighted by Crippen LogP contribution is -2.06. The maximum absolute atomic E-state index is 11.0. The summed E-state index contributed by atoms with van der Waals surface area (Å²) in [5.41, 5.74) is 6.18. The predicted octanol–water partition coefficient (Wildman–Crippen LogP) is 10.9. The average molecular weight is 586 g/mol. The van der Waals surface area contributed by atoms with E-state index in [2.05, 4.69) is 65.2 Å². The third-order valence-corrected chi connectivity index (χ3v) is 9.74. The Morgan fingerprint density at radius 1 is 0.558 bits per heavy atom. The first-order valence-corrected chi connectivity index (χ1v) is 15.0. The monoisotopic (exact) mass is 585 g/mol. The molecular formula is C38H20ClN3S. The van der Waals surface area contributed by atoms with E-state index in [9.17, 15) is 10.5 Å². The van der Waals surface area contributed by atoms with Gasteiger partial charge in [0.25, 0.3) is 0 Å². The topological polar surface area (TPSA) is 52.5 Å². The van der Waals surface area contributed by atoms with Crippen LogP contribution in [0.3, 0.4) is 0 Å². The molecule has 0 amide bonds. The minimum Gasteiger partial charge on any atom is -0.306 e. The molecule has 0 bridgehead atoms. The first kappa shape index (κ1) is 25.3. The maximum atomic E-state index is 11.0. The fourth-order valence-electron chi connectivity index (χ4n) is 6.37. The smallest absolute Gasteiger partial charge is 0.102 e. The molecule has 2 heterocycles. The standard InChI is InChI=1S/C38H20ClN3S/c39-35-29(21-40)33(23-11-3-1-4-12-23)30(22-41)36(34(35)24-13-5-2-6-14-24)42-31-17-9-7-15-25(31)27-19-20-28-26-16-8-10-18-32(26)43-38(28)37(27)42/h1-20H. The van der Waals surface area contributed by atoms with Crippen molar-refractivity contribution in [1.82, 2.24) is 4.57 Å². The fraction of sp³-hybridized carbons (Fsp3) is 0. The van der Waals surface area contributed by atoms with Crippen LogP contribution in [0.2, 0.25) is 5.02 Å². The van der Waals surface area contributed by atoms with Gasteiger partial charge in [-0.2, -0.15) is 10.5 Å². The number of aromatic nitrogens is 1. The Morgan fingerprint density at radius 2 is 1.14 bits per heavy atom. The van der Waals surface area contributed by atoms with Crippen LogP contribution < -0.4 is 0 Å². The van der Waals surface area contributed by atoms with Crippen molar-refractivity contribution >= 4 is 64.9 Å². The number of nitriles is 2. The average Bonchev–Trinajstić information content (AvgIpc) is 3.61. The summed E-state index contributed by atoms with van der Waals surface area (Å²) >= 11 is 9.05. The molecule has 0 saturated carbocycles. The molecule has 8 rings (SSSR count). The Hall–Kier alpha value is -5.39. The van der Waals surface area contributed by atoms with E-state index in [1.54, 1.807) is 11.3 Å². The van der Waals surface area contributed by atoms with Crippen molar-refractivity contribution in [2.45, 2.75) is 0 Å². The van der Waals surface area contributed by atoms with E-state index in [1.807, 2.05) is 72.8 Å². The van der Waals surface area contributed by atoms with Crippen LogP contribution in [0.1, 0.15) is 11.1 Å². The number of hydrogen-bond acceptors (Lipinski definition) is 3. The first-order valence-electron chi connectivity index (χ1n) is 13.9. The van der Waals surface area contributed by atoms with Crippen molar-refractivity contribution in [3.63, 3.8) is 0 Å². The molecule has 3 nitrogen and oxygen atoms in total. The summed E-state index contributed by atoms with van der Waals surface area (Å²) in [4.78, 5) is 0. The van der Waals surface area contributed by atoms with Gasteiger partial charge in [0.2, 0.25) is 0 Å². The quantitative estimate of drug-likeness (QED) is 0.207. The molecule has 0 atom stereocenters. The number of rotatable bonds is 3. The molecule has 8 aromatic rings. The summed E-state index contributed by atoms with van der Waals surface area (Å²) < 4.78 is 4.55. The fourth-order valence-corrected chi connectivity index (χ4v) is 7.95. The lowest BCUT2D eigenvalue weighted by molar-refractivity contribution is 1.17. The molecule has 200 valence electrons. The van der Waals surface area contributed by atoms with Crippen LogP contribution in [-0.2, 0) is 0 Å². The van der Waals surface area contributed by atoms with Gasteiger partial charge >= 0.3 is 0 Å². The Morgan fingerprint density at radius 3 is 1.84 bits per heavy atom. The van der Waals surface area contributed by atoms with Gasteiger partial charge in [-0.3, -0.25) is 0 Å². The number of nitrogens with zero attached hydrogens (tertiary/aromatic N) is 3. The molecule has 5 heteroatoms. The van der Waals surface area contributed by atoms with Crippen LogP contribution >= 0.6 is 22.9 Å². The Kier molecular flexibility index (Phi) is 5.81. The van der Waals surface area contributed by atoms with Gasteiger partial charge < -0.3 is 4.57 Å². The molecule has 0 fully saturated rings. The van der Waals surface area contributed by atoms with Crippen LogP contribution in [0.4, 0.5) is 0 Å². The van der Waals surface area contributed by atoms with Crippen LogP contribution in [0.25, 0.3) is 69.9 Å². The largest absolute Gasteiger partial charge is 0.306 e. The molecule has 43 heavy (non-hydrogen) atoms. The third-order valence-electron chi connectivity index (χ3n) is 8.16. The molecule has 0 saturated heterocycles. The zero-order chi connectivity index (χ0) is 29.1. The van der Waals surface area contributed by atoms with Crippen molar-refractivity contribution in [1.29, 1.82) is 10.5 Å². The highest BCUT2D eigenvalue weighted by molar-refractivity contribution is 7.26. The zero-order valence-electron chi connectivity index (χ0n) is 22.7. The summed E-state index contributed by atoms with van der Waals surface area (Å²) in [6.07, 6.45) is 0. The van der Waals surface area contributed by atoms with Crippen LogP contribution in [0.5, 0.6) is 0 Å². The van der Waals surface area contributed by atoms with Gasteiger partial charge in [-0.05, 0) is 23.3 Å². The summed E-state index contributed by atoms with van der Waals surface area (Å²) in [5, 5.41) is 26.4. The minimum atomic E-state index is 0.291. The van der Waals surface area contributed by atoms with Crippen LogP contribution in [0, 0.1) is 22.7 Å². The summed E-state index contributed by atoms with van der Waals surface area (Å²) in [6, 6.07) is 45.5. The van der Waals surface area contributed by atoms with E-state index in [1.165, 1.54) is 15.5 Å². The summed E-state index contributed by atoms with van der Waals surface area (Å²) in [7, 11) is 0. The summed E-state index contributed by atoms with van der Waals surface area (Å²) in [5.74, 6) is 0. The predicted molar refractivity (Wildman–Crippen MR) is 179 cm³/mol. The molecule has 0 aliphatic rings. The van der Waals surface area contributed by atoms with E-state index < -0.39 is 0 Å². The first-order chi connectivity index (χ1) is 21.2. The lowest BCUT2D eigenvalue weighted by Gasteiger charge is -2.22. The van der Waals surface area contributed by atoms with Gasteiger partial charge in [0.15, 0.2) is 0 Å². The highest BCUT2D eigenvalue weighted by Crippen LogP contribution is 2.49. The van der Waals surface area contributed by atoms with Gasteiger partial charge in [-0.15, -0.1) is 11.3 Å². The number of fused-ring (bicyclic) bond motifs is 7. The van der Waals surface area contributed by atoms with Gasteiger partial charge in [0, 0.05) is 37.4 Å². The zero-order valence-corrected chi connectivity index (χ0v) is 24.2. The van der Waals surface area contributed by atoms with Crippen molar-refractivity contribution in [2.75, 3.05) is 0 Å². The van der Waals surface area contributed by atoms with Gasteiger partial charge in [0.05, 0.1) is 37.6 Å². The Bertz CT molecular complexity index is 2480. The summed E-state index contributed by atoms with van der Waals surface area (Å²) in [6.45, 7) is 0. The molecular weight excluding hydrogens is 566 g/mol. The van der Waals surface area contributed by atoms with Crippen LogP contribution in [0.15, 0.2) is 121 Å². The minimum absolute atomic E-state index is 0.291. The SMILES string of the molecule is N#Cc1c(Cl)c(-c2ccccc2)c(-n2c3ccccc3c3ccc4c5ccccc5sc4c32)c(C#N)c1-c1ccccc1. The molecule has 0 aliphatic heterocycles. The van der Waals surface area contributed by atoms with Crippen LogP contribution in [-0.4, -0.2) is 4.57 Å². The molecule has 6 aromatic carbocycles. The number of thiophene rings is 1. The molecule has 0 N–H and O–H groups in total. The van der Waals surface area contributed by atoms with E-state index in [4.69, 9.17) is 11.6 Å². The molecule has 2 aromatic heterocycles. The normalized spacial score (nSPS) is 11.3. The molecule has 0 aliphatic carbocycles. The van der Waals surface area contributed by atoms with Gasteiger partial charge in [-0.25, -0.2) is 0 Å². The second-order valence-corrected chi connectivity index (χ2v) is 11.8. The van der Waals surface area contributed by atoms with E-state index in [-0.39, 0.29) is 0 Å². The molecule has 0 radical (unpaired) electrons. The Labute approximate surface area is 256 Å². The molecule has 0 spiro atoms. The van der Waals surface area contributed by atoms with Crippen molar-refractivity contribution < 1.29 is 0 Å².